The summed E-state index contributed by atoms with van der Waals surface area (Å²) in [5.41, 5.74) is 1.70. The topological polar surface area (TPSA) is 125 Å². The lowest BCUT2D eigenvalue weighted by molar-refractivity contribution is 0.0705. The molecule has 3 N–H and O–H groups in total. The minimum Gasteiger partial charge on any atom is -0.341 e. The number of rotatable bonds is 5. The van der Waals surface area contributed by atoms with Gasteiger partial charge < -0.3 is 4.90 Å². The first-order chi connectivity index (χ1) is 15.0. The summed E-state index contributed by atoms with van der Waals surface area (Å²) in [6, 6.07) is 12.6. The van der Waals surface area contributed by atoms with E-state index in [4.69, 9.17) is 5.21 Å². The number of carbonyl (C=O) groups is 1. The summed E-state index contributed by atoms with van der Waals surface area (Å²) in [4.78, 5) is 22.0. The molecule has 1 aliphatic heterocycles. The maximum absolute atomic E-state index is 12.9. The number of nitrogens with one attached hydrogen (secondary N) is 2. The summed E-state index contributed by atoms with van der Waals surface area (Å²) in [6.07, 6.45) is 4.77. The smallest absolute Gasteiger partial charge is 0.277 e. The van der Waals surface area contributed by atoms with Crippen LogP contribution in [0.4, 0.5) is 5.95 Å². The molecular weight excluding hydrogens is 418 g/mol. The van der Waals surface area contributed by atoms with Gasteiger partial charge >= 0.3 is 0 Å². The summed E-state index contributed by atoms with van der Waals surface area (Å²) in [7, 11) is -3.64. The number of anilines is 1. The molecule has 9 nitrogen and oxygen atoms in total. The zero-order valence-corrected chi connectivity index (χ0v) is 17.5. The third-order valence-electron chi connectivity index (χ3n) is 5.37. The average molecular weight is 442 g/mol. The van der Waals surface area contributed by atoms with Crippen LogP contribution in [-0.2, 0) is 10.0 Å². The molecule has 1 aliphatic rings. The second-order valence-electron chi connectivity index (χ2n) is 7.46. The van der Waals surface area contributed by atoms with Crippen molar-refractivity contribution in [1.29, 1.82) is 0 Å². The Morgan fingerprint density at radius 2 is 1.77 bits per heavy atom. The Bertz CT molecular complexity index is 1180. The van der Waals surface area contributed by atoms with Gasteiger partial charge in [0.15, 0.2) is 0 Å². The highest BCUT2D eigenvalue weighted by atomic mass is 32.2. The number of sulfonamides is 1. The van der Waals surface area contributed by atoms with Crippen molar-refractivity contribution >= 4 is 32.7 Å². The van der Waals surface area contributed by atoms with E-state index in [1.807, 2.05) is 35.2 Å². The van der Waals surface area contributed by atoms with E-state index in [0.717, 1.165) is 17.2 Å². The van der Waals surface area contributed by atoms with Gasteiger partial charge in [-0.2, -0.15) is 0 Å². The maximum Gasteiger partial charge on any atom is 0.277 e. The molecule has 1 saturated heterocycles. The van der Waals surface area contributed by atoms with E-state index in [1.54, 1.807) is 17.6 Å². The minimum absolute atomic E-state index is 0.155. The van der Waals surface area contributed by atoms with Crippen molar-refractivity contribution in [3.8, 4) is 0 Å². The van der Waals surface area contributed by atoms with Crippen LogP contribution in [-0.4, -0.2) is 48.6 Å². The van der Waals surface area contributed by atoms with Crippen LogP contribution in [0.1, 0.15) is 29.6 Å². The molecule has 10 heteroatoms. The van der Waals surface area contributed by atoms with Crippen molar-refractivity contribution in [2.75, 3.05) is 18.0 Å². The van der Waals surface area contributed by atoms with Crippen LogP contribution in [0.2, 0.25) is 0 Å². The number of hydrogen-bond donors (Lipinski definition) is 3. The van der Waals surface area contributed by atoms with Crippen LogP contribution in [0.15, 0.2) is 59.8 Å². The summed E-state index contributed by atoms with van der Waals surface area (Å²) < 4.78 is 28.7. The molecule has 3 aromatic rings. The number of fused-ring (bicyclic) bond motifs is 1. The fourth-order valence-corrected chi connectivity index (χ4v) is 5.04. The van der Waals surface area contributed by atoms with Crippen molar-refractivity contribution in [1.82, 2.24) is 20.2 Å². The fraction of sp³-hybridized carbons (Fsp3) is 0.286. The van der Waals surface area contributed by atoms with Gasteiger partial charge in [0, 0.05) is 31.5 Å². The van der Waals surface area contributed by atoms with Gasteiger partial charge in [0.2, 0.25) is 16.0 Å². The summed E-state index contributed by atoms with van der Waals surface area (Å²) in [5.74, 6) is -0.210. The molecule has 0 bridgehead atoms. The fourth-order valence-electron chi connectivity index (χ4n) is 3.70. The van der Waals surface area contributed by atoms with Crippen LogP contribution in [0.25, 0.3) is 10.8 Å². The van der Waals surface area contributed by atoms with Crippen molar-refractivity contribution in [2.24, 2.45) is 0 Å². The van der Waals surface area contributed by atoms with E-state index in [2.05, 4.69) is 14.7 Å². The number of hydroxylamine groups is 1. The molecule has 162 valence electrons. The van der Waals surface area contributed by atoms with Crippen molar-refractivity contribution in [3.63, 3.8) is 0 Å². The van der Waals surface area contributed by atoms with Crippen LogP contribution >= 0.6 is 0 Å². The maximum atomic E-state index is 12.9. The van der Waals surface area contributed by atoms with E-state index in [-0.39, 0.29) is 16.5 Å². The van der Waals surface area contributed by atoms with Crippen molar-refractivity contribution in [2.45, 2.75) is 30.2 Å². The molecule has 1 fully saturated rings. The molecule has 1 aromatic heterocycles. The Labute approximate surface area is 180 Å². The zero-order chi connectivity index (χ0) is 21.8. The Kier molecular flexibility index (Phi) is 6.12. The number of carbonyl (C=O) groups excluding carboxylic acids is 1. The Morgan fingerprint density at radius 3 is 2.52 bits per heavy atom. The predicted octanol–water partition coefficient (Wildman–Crippen LogP) is 2.09. The van der Waals surface area contributed by atoms with Gasteiger partial charge in [0.25, 0.3) is 5.91 Å². The van der Waals surface area contributed by atoms with E-state index < -0.39 is 15.9 Å². The first-order valence-electron chi connectivity index (χ1n) is 9.99. The molecule has 1 amide bonds. The van der Waals surface area contributed by atoms with Crippen LogP contribution < -0.4 is 15.1 Å². The molecule has 0 aliphatic carbocycles. The first kappa shape index (κ1) is 21.2. The first-order valence-corrected chi connectivity index (χ1v) is 11.5. The molecule has 1 unspecified atom stereocenters. The van der Waals surface area contributed by atoms with Gasteiger partial charge in [0.1, 0.15) is 0 Å². The highest BCUT2D eigenvalue weighted by molar-refractivity contribution is 7.89. The van der Waals surface area contributed by atoms with E-state index in [1.165, 1.54) is 12.4 Å². The van der Waals surface area contributed by atoms with Gasteiger partial charge in [-0.25, -0.2) is 28.6 Å². The third-order valence-corrected chi connectivity index (χ3v) is 6.88. The summed E-state index contributed by atoms with van der Waals surface area (Å²) in [5, 5.41) is 10.6. The van der Waals surface area contributed by atoms with Gasteiger partial charge in [-0.3, -0.25) is 10.0 Å². The van der Waals surface area contributed by atoms with E-state index >= 15 is 0 Å². The lowest BCUT2D eigenvalue weighted by atomic mass is 10.1. The number of hydrogen-bond acceptors (Lipinski definition) is 7. The van der Waals surface area contributed by atoms with E-state index in [9.17, 15) is 13.2 Å². The standard InChI is InChI=1S/C21H23N5O4S/c27-20(24-28)17-13-22-21(23-14-17)26-10-3-6-18(9-11-26)25-31(29,30)19-8-7-15-4-1-2-5-16(15)12-19/h1-2,4-5,7-8,12-14,18,25,28H,3,6,9-11H2,(H,24,27). The number of amides is 1. The molecule has 31 heavy (non-hydrogen) atoms. The molecule has 4 rings (SSSR count). The summed E-state index contributed by atoms with van der Waals surface area (Å²) >= 11 is 0. The highest BCUT2D eigenvalue weighted by Crippen LogP contribution is 2.21. The van der Waals surface area contributed by atoms with Crippen LogP contribution in [0.3, 0.4) is 0 Å². The van der Waals surface area contributed by atoms with Crippen molar-refractivity contribution in [3.05, 3.63) is 60.4 Å². The second kappa shape index (κ2) is 8.96. The van der Waals surface area contributed by atoms with Crippen molar-refractivity contribution < 1.29 is 18.4 Å². The second-order valence-corrected chi connectivity index (χ2v) is 9.17. The lowest BCUT2D eigenvalue weighted by Gasteiger charge is -2.20. The van der Waals surface area contributed by atoms with E-state index in [0.29, 0.717) is 31.9 Å². The van der Waals surface area contributed by atoms with Gasteiger partial charge in [-0.15, -0.1) is 0 Å². The zero-order valence-electron chi connectivity index (χ0n) is 16.7. The SMILES string of the molecule is O=C(NO)c1cnc(N2CCCC(NS(=O)(=O)c3ccc4ccccc4c3)CC2)nc1. The normalized spacial score (nSPS) is 17.3. The van der Waals surface area contributed by atoms with Crippen LogP contribution in [0, 0.1) is 0 Å². The van der Waals surface area contributed by atoms with Gasteiger partial charge in [0.05, 0.1) is 10.5 Å². The number of nitrogens with zero attached hydrogens (tertiary/aromatic N) is 3. The molecule has 1 atom stereocenters. The molecule has 0 saturated carbocycles. The largest absolute Gasteiger partial charge is 0.341 e. The predicted molar refractivity (Wildman–Crippen MR) is 115 cm³/mol. The highest BCUT2D eigenvalue weighted by Gasteiger charge is 2.24. The molecule has 0 radical (unpaired) electrons. The molecule has 2 aromatic carbocycles. The molecule has 0 spiro atoms. The average Bonchev–Trinajstić information content (AvgIpc) is 3.03. The minimum atomic E-state index is -3.64. The Morgan fingerprint density at radius 1 is 1.03 bits per heavy atom. The summed E-state index contributed by atoms with van der Waals surface area (Å²) in [6.45, 7) is 1.26. The monoisotopic (exact) mass is 441 g/mol. The van der Waals surface area contributed by atoms with Gasteiger partial charge in [-0.1, -0.05) is 30.3 Å². The van der Waals surface area contributed by atoms with Crippen LogP contribution in [0.5, 0.6) is 0 Å². The Balaban J connectivity index is 1.42. The third kappa shape index (κ3) is 4.82. The number of aromatic nitrogens is 2. The number of benzene rings is 2. The quantitative estimate of drug-likeness (QED) is 0.409. The molecule has 2 heterocycles. The molecular formula is C21H23N5O4S. The Hall–Kier alpha value is -3.08. The van der Waals surface area contributed by atoms with Gasteiger partial charge in [-0.05, 0) is 42.2 Å². The lowest BCUT2D eigenvalue weighted by Crippen LogP contribution is -2.36.